The van der Waals surface area contributed by atoms with E-state index in [0.717, 1.165) is 11.1 Å². The molecule has 2 aromatic rings. The number of hydrogen-bond donors (Lipinski definition) is 1. The molecule has 27 heavy (non-hydrogen) atoms. The lowest BCUT2D eigenvalue weighted by molar-refractivity contribution is -0.149. The zero-order chi connectivity index (χ0) is 19.6. The summed E-state index contributed by atoms with van der Waals surface area (Å²) in [5.74, 6) is -1.04. The van der Waals surface area contributed by atoms with Crippen molar-refractivity contribution in [2.24, 2.45) is 4.99 Å². The molecule has 0 aromatic heterocycles. The normalized spacial score (nSPS) is 22.9. The highest BCUT2D eigenvalue weighted by molar-refractivity contribution is 6.05. The number of methoxy groups -OCH3 is 1. The van der Waals surface area contributed by atoms with E-state index >= 15 is 0 Å². The molecule has 3 atom stereocenters. The number of carbonyl (C=O) groups excluding carboxylic acids is 1. The summed E-state index contributed by atoms with van der Waals surface area (Å²) in [4.78, 5) is 31.0. The van der Waals surface area contributed by atoms with Crippen LogP contribution >= 0.6 is 0 Å². The van der Waals surface area contributed by atoms with Crippen molar-refractivity contribution in [3.05, 3.63) is 71.8 Å². The quantitative estimate of drug-likeness (QED) is 0.823. The Balaban J connectivity index is 2.22. The standard InChI is InChI=1S/C21H22N2O4/c1-14(19(24)27-3)23-17(15-10-6-4-7-11-15)21(2,20(25)26)22-18(23)16-12-8-5-9-13-16/h4-14,17H,1-3H3,(H,25,26)/t14?,17-,21-/m0/s1. The molecule has 0 radical (unpaired) electrons. The molecule has 1 N–H and O–H groups in total. The average Bonchev–Trinajstić information content (AvgIpc) is 3.02. The van der Waals surface area contributed by atoms with Gasteiger partial charge in [0, 0.05) is 5.56 Å². The molecule has 0 bridgehead atoms. The van der Waals surface area contributed by atoms with E-state index in [-0.39, 0.29) is 0 Å². The van der Waals surface area contributed by atoms with Gasteiger partial charge < -0.3 is 14.7 Å². The van der Waals surface area contributed by atoms with E-state index in [4.69, 9.17) is 4.74 Å². The highest BCUT2D eigenvalue weighted by Gasteiger charge is 2.54. The maximum atomic E-state index is 12.4. The SMILES string of the molecule is COC(=O)C(C)N1C(c2ccccc2)=N[C@](C)(C(=O)O)[C@@H]1c1ccccc1. The predicted octanol–water partition coefficient (Wildman–Crippen LogP) is 2.89. The number of carboxylic acid groups (broad SMARTS) is 1. The summed E-state index contributed by atoms with van der Waals surface area (Å²) in [6, 6.07) is 17.2. The lowest BCUT2D eigenvalue weighted by atomic mass is 9.87. The molecule has 0 aliphatic carbocycles. The number of benzene rings is 2. The number of amidine groups is 1. The van der Waals surface area contributed by atoms with E-state index in [0.29, 0.717) is 5.84 Å². The first-order valence-corrected chi connectivity index (χ1v) is 8.70. The second-order valence-corrected chi connectivity index (χ2v) is 6.67. The molecule has 0 spiro atoms. The number of ether oxygens (including phenoxy) is 1. The van der Waals surface area contributed by atoms with Gasteiger partial charge in [0.05, 0.1) is 13.2 Å². The molecule has 0 fully saturated rings. The van der Waals surface area contributed by atoms with Crippen molar-refractivity contribution in [1.29, 1.82) is 0 Å². The maximum Gasteiger partial charge on any atom is 0.333 e. The first kappa shape index (κ1) is 18.6. The van der Waals surface area contributed by atoms with Crippen molar-refractivity contribution < 1.29 is 19.4 Å². The summed E-state index contributed by atoms with van der Waals surface area (Å²) >= 11 is 0. The highest BCUT2D eigenvalue weighted by Crippen LogP contribution is 2.43. The van der Waals surface area contributed by atoms with Gasteiger partial charge in [-0.2, -0.15) is 0 Å². The zero-order valence-electron chi connectivity index (χ0n) is 15.5. The molecule has 1 unspecified atom stereocenters. The molecule has 3 rings (SSSR count). The van der Waals surface area contributed by atoms with Crippen molar-refractivity contribution in [3.63, 3.8) is 0 Å². The first-order chi connectivity index (χ1) is 12.9. The van der Waals surface area contributed by atoms with Gasteiger partial charge in [-0.25, -0.2) is 14.6 Å². The Bertz CT molecular complexity index is 866. The smallest absolute Gasteiger partial charge is 0.333 e. The fourth-order valence-corrected chi connectivity index (χ4v) is 3.51. The Morgan fingerprint density at radius 2 is 1.67 bits per heavy atom. The van der Waals surface area contributed by atoms with Gasteiger partial charge in [0.1, 0.15) is 11.9 Å². The largest absolute Gasteiger partial charge is 0.479 e. The molecule has 140 valence electrons. The number of carboxylic acids is 1. The summed E-state index contributed by atoms with van der Waals surface area (Å²) in [7, 11) is 1.32. The van der Waals surface area contributed by atoms with E-state index in [9.17, 15) is 14.7 Å². The van der Waals surface area contributed by atoms with Gasteiger partial charge in [-0.3, -0.25) is 0 Å². The molecule has 0 amide bonds. The molecule has 0 saturated heterocycles. The molecular formula is C21H22N2O4. The van der Waals surface area contributed by atoms with Crippen LogP contribution in [0.5, 0.6) is 0 Å². The van der Waals surface area contributed by atoms with Crippen LogP contribution in [-0.4, -0.2) is 46.5 Å². The van der Waals surface area contributed by atoms with Crippen molar-refractivity contribution in [2.45, 2.75) is 31.5 Å². The van der Waals surface area contributed by atoms with Crippen LogP contribution in [0.2, 0.25) is 0 Å². The van der Waals surface area contributed by atoms with Crippen LogP contribution < -0.4 is 0 Å². The molecule has 1 aliphatic rings. The van der Waals surface area contributed by atoms with E-state index in [1.165, 1.54) is 7.11 Å². The van der Waals surface area contributed by atoms with E-state index < -0.39 is 29.6 Å². The third-order valence-corrected chi connectivity index (χ3v) is 4.93. The predicted molar refractivity (Wildman–Crippen MR) is 102 cm³/mol. The molecule has 1 heterocycles. The third kappa shape index (κ3) is 3.18. The molecule has 6 heteroatoms. The van der Waals surface area contributed by atoms with Gasteiger partial charge in [-0.15, -0.1) is 0 Å². The monoisotopic (exact) mass is 366 g/mol. The van der Waals surface area contributed by atoms with Crippen molar-refractivity contribution >= 4 is 17.8 Å². The van der Waals surface area contributed by atoms with E-state index in [2.05, 4.69) is 4.99 Å². The minimum absolute atomic E-state index is 0.450. The second-order valence-electron chi connectivity index (χ2n) is 6.67. The summed E-state index contributed by atoms with van der Waals surface area (Å²) in [5, 5.41) is 10.0. The lowest BCUT2D eigenvalue weighted by Gasteiger charge is -2.36. The minimum atomic E-state index is -1.45. The molecule has 0 saturated carbocycles. The number of esters is 1. The summed E-state index contributed by atoms with van der Waals surface area (Å²) in [6.45, 7) is 3.29. The Morgan fingerprint density at radius 3 is 2.19 bits per heavy atom. The topological polar surface area (TPSA) is 79.2 Å². The highest BCUT2D eigenvalue weighted by atomic mass is 16.5. The molecule has 6 nitrogen and oxygen atoms in total. The summed E-state index contributed by atoms with van der Waals surface area (Å²) in [6.07, 6.45) is 0. The molecular weight excluding hydrogens is 344 g/mol. The van der Waals surface area contributed by atoms with Crippen molar-refractivity contribution in [1.82, 2.24) is 4.90 Å². The Morgan fingerprint density at radius 1 is 1.11 bits per heavy atom. The van der Waals surface area contributed by atoms with Crippen LogP contribution in [-0.2, 0) is 14.3 Å². The second kappa shape index (κ2) is 7.23. The van der Waals surface area contributed by atoms with Gasteiger partial charge in [0.2, 0.25) is 0 Å². The number of hydrogen-bond acceptors (Lipinski definition) is 5. The van der Waals surface area contributed by atoms with Gasteiger partial charge in [0.15, 0.2) is 5.54 Å². The fourth-order valence-electron chi connectivity index (χ4n) is 3.51. The fraction of sp³-hybridized carbons (Fsp3) is 0.286. The Labute approximate surface area is 158 Å². The number of nitrogens with zero attached hydrogens (tertiary/aromatic N) is 2. The van der Waals surface area contributed by atoms with Gasteiger partial charge >= 0.3 is 11.9 Å². The van der Waals surface area contributed by atoms with Crippen molar-refractivity contribution in [2.75, 3.05) is 7.11 Å². The average molecular weight is 366 g/mol. The maximum absolute atomic E-state index is 12.4. The Kier molecular flexibility index (Phi) is 4.99. The number of aliphatic carboxylic acids is 1. The van der Waals surface area contributed by atoms with E-state index in [1.807, 2.05) is 60.7 Å². The Hall–Kier alpha value is -3.15. The van der Waals surface area contributed by atoms with Crippen molar-refractivity contribution in [3.8, 4) is 0 Å². The lowest BCUT2D eigenvalue weighted by Crippen LogP contribution is -2.49. The minimum Gasteiger partial charge on any atom is -0.479 e. The zero-order valence-corrected chi connectivity index (χ0v) is 15.5. The molecule has 1 aliphatic heterocycles. The van der Waals surface area contributed by atoms with Crippen LogP contribution in [0.3, 0.4) is 0 Å². The van der Waals surface area contributed by atoms with Gasteiger partial charge in [-0.05, 0) is 19.4 Å². The van der Waals surface area contributed by atoms with Crippen LogP contribution in [0.15, 0.2) is 65.7 Å². The third-order valence-electron chi connectivity index (χ3n) is 4.93. The number of carbonyl (C=O) groups is 2. The molecule has 2 aromatic carbocycles. The number of rotatable bonds is 5. The van der Waals surface area contributed by atoms with Gasteiger partial charge in [0.25, 0.3) is 0 Å². The summed E-state index contributed by atoms with van der Waals surface area (Å²) in [5.41, 5.74) is 0.0708. The van der Waals surface area contributed by atoms with Crippen LogP contribution in [0, 0.1) is 0 Å². The van der Waals surface area contributed by atoms with E-state index in [1.54, 1.807) is 18.7 Å². The number of aliphatic imine (C=N–C) groups is 1. The summed E-state index contributed by atoms with van der Waals surface area (Å²) < 4.78 is 4.94. The van der Waals surface area contributed by atoms with Crippen LogP contribution in [0.1, 0.15) is 31.0 Å². The van der Waals surface area contributed by atoms with Crippen LogP contribution in [0.25, 0.3) is 0 Å². The first-order valence-electron chi connectivity index (χ1n) is 8.70. The van der Waals surface area contributed by atoms with Crippen LogP contribution in [0.4, 0.5) is 0 Å². The van der Waals surface area contributed by atoms with Gasteiger partial charge in [-0.1, -0.05) is 60.7 Å².